The van der Waals surface area contributed by atoms with Crippen LogP contribution in [-0.4, -0.2) is 64.9 Å². The molecule has 1 aromatic heterocycles. The van der Waals surface area contributed by atoms with E-state index in [1.807, 2.05) is 6.92 Å². The third-order valence-electron chi connectivity index (χ3n) is 5.74. The molecular formula is C25H30N4O10. The highest BCUT2D eigenvalue weighted by Gasteiger charge is 2.41. The van der Waals surface area contributed by atoms with E-state index in [-0.39, 0.29) is 18.1 Å². The molecule has 0 bridgehead atoms. The third kappa shape index (κ3) is 6.83. The van der Waals surface area contributed by atoms with Crippen molar-refractivity contribution in [1.29, 1.82) is 0 Å². The van der Waals surface area contributed by atoms with Crippen LogP contribution in [0.1, 0.15) is 33.3 Å². The second kappa shape index (κ2) is 11.8. The summed E-state index contributed by atoms with van der Waals surface area (Å²) in [6, 6.07) is 5.30. The number of anilines is 4. The molecule has 39 heavy (non-hydrogen) atoms. The smallest absolute Gasteiger partial charge is 0.329 e. The van der Waals surface area contributed by atoms with Crippen LogP contribution in [-0.2, 0) is 45.2 Å². The minimum Gasteiger partial charge on any atom is -0.462 e. The van der Waals surface area contributed by atoms with Gasteiger partial charge in [0, 0.05) is 34.7 Å². The molecule has 14 heteroatoms. The Bertz CT molecular complexity index is 1410. The summed E-state index contributed by atoms with van der Waals surface area (Å²) < 4.78 is 22.2. The van der Waals surface area contributed by atoms with Gasteiger partial charge in [0.05, 0.1) is 17.9 Å². The second-order valence-electron chi connectivity index (χ2n) is 8.95. The zero-order valence-electron chi connectivity index (χ0n) is 22.4. The van der Waals surface area contributed by atoms with Gasteiger partial charge in [-0.2, -0.15) is 0 Å². The van der Waals surface area contributed by atoms with Gasteiger partial charge in [0.2, 0.25) is 0 Å². The predicted molar refractivity (Wildman–Crippen MR) is 137 cm³/mol. The van der Waals surface area contributed by atoms with Crippen LogP contribution in [0.4, 0.5) is 22.9 Å². The number of esters is 4. The zero-order valence-corrected chi connectivity index (χ0v) is 22.4. The molecule has 2 heterocycles. The van der Waals surface area contributed by atoms with Crippen LogP contribution in [0.2, 0.25) is 0 Å². The van der Waals surface area contributed by atoms with Gasteiger partial charge in [-0.1, -0.05) is 6.07 Å². The van der Waals surface area contributed by atoms with Crippen molar-refractivity contribution in [3.05, 3.63) is 44.6 Å². The number of aromatic nitrogens is 2. The Labute approximate surface area is 222 Å². The maximum atomic E-state index is 13.0. The number of carbonyl (C=O) groups is 4. The summed E-state index contributed by atoms with van der Waals surface area (Å²) in [6.07, 6.45) is -4.14. The van der Waals surface area contributed by atoms with Crippen molar-refractivity contribution in [2.75, 3.05) is 23.4 Å². The number of aryl methyl sites for hydroxylation is 1. The lowest BCUT2D eigenvalue weighted by Crippen LogP contribution is -2.52. The first kappa shape index (κ1) is 28.9. The highest BCUT2D eigenvalue weighted by molar-refractivity contribution is 5.90. The van der Waals surface area contributed by atoms with Gasteiger partial charge in [0.15, 0.2) is 18.3 Å². The fourth-order valence-electron chi connectivity index (χ4n) is 4.15. The first-order valence-electron chi connectivity index (χ1n) is 11.9. The predicted octanol–water partition coefficient (Wildman–Crippen LogP) is 0.935. The monoisotopic (exact) mass is 546 g/mol. The molecule has 0 aliphatic carbocycles. The standard InChI is InChI=1S/C25H30N4O10/c1-12-7-8-18-17(9-12)26-21-23(27-25(35)28(6)24(21)34)29(18)10-19(37-14(3)31)22(39-16(5)33)20(38-15(4)32)11-36-13(2)30/h7-9,19-20,22,26H,10-11H2,1-6H3,(H,27,35). The van der Waals surface area contributed by atoms with Crippen molar-refractivity contribution in [3.63, 3.8) is 0 Å². The zero-order chi connectivity index (χ0) is 29.0. The van der Waals surface area contributed by atoms with Crippen LogP contribution in [0.25, 0.3) is 0 Å². The minimum atomic E-state index is -1.44. The molecule has 2 aromatic rings. The number of benzene rings is 1. The van der Waals surface area contributed by atoms with Crippen molar-refractivity contribution >= 4 is 46.8 Å². The fraction of sp³-hybridized carbons (Fsp3) is 0.440. The minimum absolute atomic E-state index is 0.0530. The van der Waals surface area contributed by atoms with Gasteiger partial charge >= 0.3 is 29.6 Å². The van der Waals surface area contributed by atoms with E-state index in [4.69, 9.17) is 18.9 Å². The molecule has 0 fully saturated rings. The van der Waals surface area contributed by atoms with Gasteiger partial charge in [0.25, 0.3) is 5.56 Å². The van der Waals surface area contributed by atoms with E-state index in [0.717, 1.165) is 37.8 Å². The average molecular weight is 547 g/mol. The lowest BCUT2D eigenvalue weighted by molar-refractivity contribution is -0.188. The maximum Gasteiger partial charge on any atom is 0.329 e. The molecule has 0 saturated heterocycles. The number of hydrogen-bond donors (Lipinski definition) is 2. The molecule has 14 nitrogen and oxygen atoms in total. The number of hydrogen-bond acceptors (Lipinski definition) is 12. The molecule has 3 unspecified atom stereocenters. The molecule has 0 amide bonds. The molecule has 3 atom stereocenters. The van der Waals surface area contributed by atoms with Crippen molar-refractivity contribution in [2.24, 2.45) is 7.05 Å². The van der Waals surface area contributed by atoms with Gasteiger partial charge in [-0.05, 0) is 24.6 Å². The van der Waals surface area contributed by atoms with Crippen LogP contribution in [0.5, 0.6) is 0 Å². The van der Waals surface area contributed by atoms with E-state index < -0.39 is 60.0 Å². The number of nitrogens with zero attached hydrogens (tertiary/aromatic N) is 2. The Balaban J connectivity index is 2.17. The van der Waals surface area contributed by atoms with Gasteiger partial charge < -0.3 is 29.2 Å². The van der Waals surface area contributed by atoms with Crippen molar-refractivity contribution in [2.45, 2.75) is 52.9 Å². The SMILES string of the molecule is CC(=O)OCC(OC(C)=O)C(OC(C)=O)C(CN1c2ccc(C)cc2Nc2c1[nH]c(=O)n(C)c2=O)OC(C)=O. The Morgan fingerprint density at radius 3 is 2.10 bits per heavy atom. The number of rotatable bonds is 9. The number of ether oxygens (including phenoxy) is 4. The van der Waals surface area contributed by atoms with Crippen LogP contribution < -0.4 is 21.5 Å². The van der Waals surface area contributed by atoms with E-state index in [1.54, 1.807) is 18.2 Å². The highest BCUT2D eigenvalue weighted by Crippen LogP contribution is 2.41. The van der Waals surface area contributed by atoms with E-state index in [0.29, 0.717) is 11.4 Å². The summed E-state index contributed by atoms with van der Waals surface area (Å²) in [5, 5.41) is 3.04. The number of nitrogens with one attached hydrogen (secondary N) is 2. The normalized spacial score (nSPS) is 14.1. The molecule has 3 rings (SSSR count). The molecule has 1 aliphatic rings. The van der Waals surface area contributed by atoms with Crippen LogP contribution in [0.15, 0.2) is 27.8 Å². The van der Waals surface area contributed by atoms with Gasteiger partial charge in [-0.25, -0.2) is 4.79 Å². The van der Waals surface area contributed by atoms with Gasteiger partial charge in [-0.15, -0.1) is 0 Å². The van der Waals surface area contributed by atoms with Crippen LogP contribution in [0.3, 0.4) is 0 Å². The van der Waals surface area contributed by atoms with Gasteiger partial charge in [-0.3, -0.25) is 33.5 Å². The van der Waals surface area contributed by atoms with Crippen molar-refractivity contribution in [1.82, 2.24) is 9.55 Å². The fourth-order valence-corrected chi connectivity index (χ4v) is 4.15. The van der Waals surface area contributed by atoms with Crippen molar-refractivity contribution < 1.29 is 38.1 Å². The summed E-state index contributed by atoms with van der Waals surface area (Å²) in [5.74, 6) is -2.94. The molecule has 1 aromatic carbocycles. The summed E-state index contributed by atoms with van der Waals surface area (Å²) >= 11 is 0. The molecule has 1 aliphatic heterocycles. The number of aromatic amines is 1. The Morgan fingerprint density at radius 2 is 1.51 bits per heavy atom. The third-order valence-corrected chi connectivity index (χ3v) is 5.74. The van der Waals surface area contributed by atoms with E-state index in [2.05, 4.69) is 10.3 Å². The number of H-pyrrole nitrogens is 1. The van der Waals surface area contributed by atoms with Crippen LogP contribution in [0, 0.1) is 6.92 Å². The number of carbonyl (C=O) groups excluding carboxylic acids is 4. The van der Waals surface area contributed by atoms with Crippen LogP contribution >= 0.6 is 0 Å². The molecule has 0 spiro atoms. The molecule has 2 N–H and O–H groups in total. The molecule has 210 valence electrons. The second-order valence-corrected chi connectivity index (χ2v) is 8.95. The lowest BCUT2D eigenvalue weighted by atomic mass is 10.0. The number of fused-ring (bicyclic) bond motifs is 2. The highest BCUT2D eigenvalue weighted by atomic mass is 16.6. The largest absolute Gasteiger partial charge is 0.462 e. The summed E-state index contributed by atoms with van der Waals surface area (Å²) in [4.78, 5) is 77.4. The summed E-state index contributed by atoms with van der Waals surface area (Å²) in [7, 11) is 1.32. The summed E-state index contributed by atoms with van der Waals surface area (Å²) in [5.41, 5.74) is 0.635. The van der Waals surface area contributed by atoms with E-state index >= 15 is 0 Å². The van der Waals surface area contributed by atoms with E-state index in [9.17, 15) is 28.8 Å². The lowest BCUT2D eigenvalue weighted by Gasteiger charge is -2.38. The summed E-state index contributed by atoms with van der Waals surface area (Å²) in [6.45, 7) is 5.56. The Morgan fingerprint density at radius 1 is 0.897 bits per heavy atom. The molecule has 0 radical (unpaired) electrons. The molecule has 0 saturated carbocycles. The maximum absolute atomic E-state index is 13.0. The Kier molecular flexibility index (Phi) is 8.78. The average Bonchev–Trinajstić information content (AvgIpc) is 2.83. The first-order chi connectivity index (χ1) is 18.3. The molecular weight excluding hydrogens is 516 g/mol. The topological polar surface area (TPSA) is 175 Å². The van der Waals surface area contributed by atoms with E-state index in [1.165, 1.54) is 11.9 Å². The van der Waals surface area contributed by atoms with Crippen molar-refractivity contribution in [3.8, 4) is 0 Å². The Hall–Kier alpha value is -4.62. The first-order valence-corrected chi connectivity index (χ1v) is 11.9. The van der Waals surface area contributed by atoms with Gasteiger partial charge in [0.1, 0.15) is 18.1 Å². The quantitative estimate of drug-likeness (QED) is 0.337.